The summed E-state index contributed by atoms with van der Waals surface area (Å²) in [6.45, 7) is 2.23. The molecule has 0 bridgehead atoms. The van der Waals surface area contributed by atoms with Gasteiger partial charge < -0.3 is 0 Å². The van der Waals surface area contributed by atoms with Crippen LogP contribution in [0.3, 0.4) is 0 Å². The molecule has 0 spiro atoms. The van der Waals surface area contributed by atoms with E-state index in [1.165, 1.54) is 25.7 Å². The van der Waals surface area contributed by atoms with Crippen LogP contribution >= 0.6 is 22.7 Å². The second-order valence-electron chi connectivity index (χ2n) is 2.99. The van der Waals surface area contributed by atoms with Crippen molar-refractivity contribution in [3.05, 3.63) is 0 Å². The van der Waals surface area contributed by atoms with Crippen molar-refractivity contribution in [2.24, 2.45) is 0 Å². The fourth-order valence-electron chi connectivity index (χ4n) is 1.23. The minimum Gasteiger partial charge on any atom is -0.176 e. The zero-order valence-corrected chi connectivity index (χ0v) is 10.2. The monoisotopic (exact) mass is 212 g/mol. The minimum atomic E-state index is -0.282. The average Bonchev–Trinajstić information content (AvgIpc) is 2.03. The molecule has 0 amide bonds. The molecule has 0 nitrogen and oxygen atoms in total. The summed E-state index contributed by atoms with van der Waals surface area (Å²) in [5, 5.41) is 0. The van der Waals surface area contributed by atoms with E-state index in [1.807, 2.05) is 0 Å². The number of rotatable bonds is 7. The lowest BCUT2D eigenvalue weighted by Gasteiger charge is -2.10. The fourth-order valence-corrected chi connectivity index (χ4v) is 3.35. The second kappa shape index (κ2) is 8.89. The van der Waals surface area contributed by atoms with Gasteiger partial charge in [0.1, 0.15) is 8.83 Å². The summed E-state index contributed by atoms with van der Waals surface area (Å²) in [5.74, 6) is 0.808. The van der Waals surface area contributed by atoms with Crippen molar-refractivity contribution in [1.29, 1.82) is 0 Å². The number of alkyl halides is 1. The van der Waals surface area contributed by atoms with E-state index in [9.17, 15) is 0 Å². The molecule has 0 aliphatic heterocycles. The molecule has 1 atom stereocenters. The highest BCUT2D eigenvalue weighted by Crippen LogP contribution is 2.20. The highest BCUT2D eigenvalue weighted by molar-refractivity contribution is 6.94. The van der Waals surface area contributed by atoms with Crippen molar-refractivity contribution in [1.82, 2.24) is 0 Å². The third-order valence-corrected chi connectivity index (χ3v) is 4.74. The van der Waals surface area contributed by atoms with Crippen molar-refractivity contribution >= 4 is 31.5 Å². The van der Waals surface area contributed by atoms with Crippen LogP contribution in [0.15, 0.2) is 0 Å². The van der Waals surface area contributed by atoms with Crippen LogP contribution in [0.4, 0.5) is 0 Å². The minimum absolute atomic E-state index is 0.282. The Labute approximate surface area is 82.2 Å². The van der Waals surface area contributed by atoms with Gasteiger partial charge in [-0.1, -0.05) is 32.6 Å². The Bertz CT molecular complexity index is 78.5. The molecule has 68 valence electrons. The van der Waals surface area contributed by atoms with Crippen LogP contribution in [0.5, 0.6) is 0 Å². The van der Waals surface area contributed by atoms with E-state index in [-0.39, 0.29) is 8.83 Å². The normalized spacial score (nSPS) is 14.5. The maximum atomic E-state index is 5.93. The first-order valence-corrected chi connectivity index (χ1v) is 7.96. The van der Waals surface area contributed by atoms with E-state index in [4.69, 9.17) is 22.7 Å². The standard InChI is InChI=1S/C8H18Cl2Si/c1-2-5-8(11-10)6-3-4-7-9/h8H,2-7,11H2,1H3. The van der Waals surface area contributed by atoms with Gasteiger partial charge in [-0.2, -0.15) is 11.1 Å². The van der Waals surface area contributed by atoms with Gasteiger partial charge in [-0.15, -0.1) is 11.6 Å². The van der Waals surface area contributed by atoms with Crippen LogP contribution in [0.1, 0.15) is 39.0 Å². The van der Waals surface area contributed by atoms with Crippen molar-refractivity contribution in [3.8, 4) is 0 Å². The molecule has 0 fully saturated rings. The van der Waals surface area contributed by atoms with Gasteiger partial charge >= 0.3 is 0 Å². The SMILES string of the molecule is CCCC(CCCCCl)[SiH2]Cl. The molecule has 0 rings (SSSR count). The lowest BCUT2D eigenvalue weighted by Crippen LogP contribution is -1.97. The van der Waals surface area contributed by atoms with E-state index in [1.54, 1.807) is 0 Å². The lowest BCUT2D eigenvalue weighted by atomic mass is 10.1. The first-order chi connectivity index (χ1) is 5.35. The van der Waals surface area contributed by atoms with E-state index >= 15 is 0 Å². The first-order valence-electron chi connectivity index (χ1n) is 4.47. The van der Waals surface area contributed by atoms with Crippen LogP contribution in [0.2, 0.25) is 5.54 Å². The molecule has 0 saturated heterocycles. The number of unbranched alkanes of at least 4 members (excludes halogenated alkanes) is 1. The summed E-state index contributed by atoms with van der Waals surface area (Å²) in [7, 11) is -0.282. The predicted octanol–water partition coefficient (Wildman–Crippen LogP) is 3.31. The highest BCUT2D eigenvalue weighted by atomic mass is 35.6. The highest BCUT2D eigenvalue weighted by Gasteiger charge is 2.05. The van der Waals surface area contributed by atoms with Gasteiger partial charge in [0.2, 0.25) is 0 Å². The largest absolute Gasteiger partial charge is 0.176 e. The van der Waals surface area contributed by atoms with Crippen molar-refractivity contribution in [2.45, 2.75) is 44.6 Å². The van der Waals surface area contributed by atoms with Crippen molar-refractivity contribution in [2.75, 3.05) is 5.88 Å². The van der Waals surface area contributed by atoms with E-state index in [0.29, 0.717) is 0 Å². The Morgan fingerprint density at radius 1 is 1.27 bits per heavy atom. The maximum Gasteiger partial charge on any atom is 0.128 e. The van der Waals surface area contributed by atoms with Gasteiger partial charge in [-0.3, -0.25) is 0 Å². The molecular formula is C8H18Cl2Si. The summed E-state index contributed by atoms with van der Waals surface area (Å²) in [6.07, 6.45) is 6.36. The van der Waals surface area contributed by atoms with Crippen LogP contribution in [-0.2, 0) is 0 Å². The maximum absolute atomic E-state index is 5.93. The molecule has 0 N–H and O–H groups in total. The molecule has 0 aliphatic rings. The van der Waals surface area contributed by atoms with Crippen molar-refractivity contribution in [3.63, 3.8) is 0 Å². The molecular weight excluding hydrogens is 195 g/mol. The van der Waals surface area contributed by atoms with E-state index in [0.717, 1.165) is 17.8 Å². The number of halogens is 2. The summed E-state index contributed by atoms with van der Waals surface area (Å²) in [5.41, 5.74) is 0.866. The zero-order valence-electron chi connectivity index (χ0n) is 7.28. The molecule has 1 unspecified atom stereocenters. The second-order valence-corrected chi connectivity index (χ2v) is 5.76. The van der Waals surface area contributed by atoms with Crippen molar-refractivity contribution < 1.29 is 0 Å². The Balaban J connectivity index is 3.20. The summed E-state index contributed by atoms with van der Waals surface area (Å²) in [4.78, 5) is 0. The molecule has 0 aliphatic carbocycles. The fraction of sp³-hybridized carbons (Fsp3) is 1.00. The smallest absolute Gasteiger partial charge is 0.128 e. The summed E-state index contributed by atoms with van der Waals surface area (Å²) < 4.78 is 0. The molecule has 0 aromatic rings. The molecule has 0 radical (unpaired) electrons. The zero-order chi connectivity index (χ0) is 8.53. The Hall–Kier alpha value is 0.797. The average molecular weight is 213 g/mol. The molecule has 3 heteroatoms. The third-order valence-electron chi connectivity index (χ3n) is 1.91. The van der Waals surface area contributed by atoms with Crippen LogP contribution < -0.4 is 0 Å². The van der Waals surface area contributed by atoms with E-state index < -0.39 is 0 Å². The predicted molar refractivity (Wildman–Crippen MR) is 57.6 cm³/mol. The Morgan fingerprint density at radius 3 is 2.45 bits per heavy atom. The van der Waals surface area contributed by atoms with Gasteiger partial charge in [-0.25, -0.2) is 0 Å². The van der Waals surface area contributed by atoms with Gasteiger partial charge in [0.15, 0.2) is 0 Å². The van der Waals surface area contributed by atoms with Gasteiger partial charge in [0, 0.05) is 5.88 Å². The molecule has 0 heterocycles. The Kier molecular flexibility index (Phi) is 9.53. The molecule has 11 heavy (non-hydrogen) atoms. The van der Waals surface area contributed by atoms with Crippen LogP contribution in [-0.4, -0.2) is 14.7 Å². The summed E-state index contributed by atoms with van der Waals surface area (Å²) in [6, 6.07) is 0. The summed E-state index contributed by atoms with van der Waals surface area (Å²) >= 11 is 11.5. The Morgan fingerprint density at radius 2 is 2.00 bits per heavy atom. The number of hydrogen-bond donors (Lipinski definition) is 0. The first kappa shape index (κ1) is 11.8. The number of hydrogen-bond acceptors (Lipinski definition) is 0. The van der Waals surface area contributed by atoms with Gasteiger partial charge in [0.05, 0.1) is 0 Å². The van der Waals surface area contributed by atoms with Gasteiger partial charge in [0.25, 0.3) is 0 Å². The van der Waals surface area contributed by atoms with Gasteiger partial charge in [-0.05, 0) is 12.0 Å². The third kappa shape index (κ3) is 7.17. The van der Waals surface area contributed by atoms with Crippen LogP contribution in [0, 0.1) is 0 Å². The molecule has 0 saturated carbocycles. The molecule has 0 aromatic carbocycles. The van der Waals surface area contributed by atoms with Crippen LogP contribution in [0.25, 0.3) is 0 Å². The lowest BCUT2D eigenvalue weighted by molar-refractivity contribution is 0.623. The van der Waals surface area contributed by atoms with E-state index in [2.05, 4.69) is 6.92 Å². The topological polar surface area (TPSA) is 0 Å². The molecule has 0 aromatic heterocycles. The quantitative estimate of drug-likeness (QED) is 0.263.